The van der Waals surface area contributed by atoms with Gasteiger partial charge in [-0.25, -0.2) is 0 Å². The van der Waals surface area contributed by atoms with Crippen LogP contribution in [-0.4, -0.2) is 43.4 Å². The zero-order valence-electron chi connectivity index (χ0n) is 11.3. The summed E-state index contributed by atoms with van der Waals surface area (Å²) in [5.41, 5.74) is 0.664. The Balaban J connectivity index is 2.17. The molecule has 0 aromatic heterocycles. The topological polar surface area (TPSA) is 46.6 Å². The highest BCUT2D eigenvalue weighted by Gasteiger charge is 2.41. The molecule has 4 heteroatoms. The Hall–Kier alpha value is -1.68. The molecule has 1 aromatic rings. The van der Waals surface area contributed by atoms with Crippen molar-refractivity contribution in [2.45, 2.75) is 6.92 Å². The van der Waals surface area contributed by atoms with Gasteiger partial charge in [0, 0.05) is 24.6 Å². The number of hydrogen-bond acceptors (Lipinski definition) is 4. The summed E-state index contributed by atoms with van der Waals surface area (Å²) < 4.78 is 5.07. The SMILES string of the molecule is CCOC(=O)[C@@H]1CN(C)C[C@@H]1C(=O)c1ccccc1. The highest BCUT2D eigenvalue weighted by atomic mass is 16.5. The molecule has 0 unspecified atom stereocenters. The van der Waals surface area contributed by atoms with Gasteiger partial charge >= 0.3 is 5.97 Å². The molecule has 1 aliphatic heterocycles. The van der Waals surface area contributed by atoms with E-state index >= 15 is 0 Å². The Kier molecular flexibility index (Phi) is 4.32. The molecule has 0 saturated carbocycles. The quantitative estimate of drug-likeness (QED) is 0.610. The van der Waals surface area contributed by atoms with Gasteiger partial charge in [0.15, 0.2) is 5.78 Å². The van der Waals surface area contributed by atoms with E-state index in [2.05, 4.69) is 0 Å². The average molecular weight is 261 g/mol. The molecule has 1 aromatic carbocycles. The highest BCUT2D eigenvalue weighted by molar-refractivity contribution is 6.00. The summed E-state index contributed by atoms with van der Waals surface area (Å²) >= 11 is 0. The van der Waals surface area contributed by atoms with Crippen molar-refractivity contribution in [3.05, 3.63) is 35.9 Å². The van der Waals surface area contributed by atoms with Gasteiger partial charge in [-0.15, -0.1) is 0 Å². The fraction of sp³-hybridized carbons (Fsp3) is 0.467. The molecular formula is C15H19NO3. The normalized spacial score (nSPS) is 23.3. The lowest BCUT2D eigenvalue weighted by Gasteiger charge is -2.15. The zero-order chi connectivity index (χ0) is 13.8. The molecule has 2 rings (SSSR count). The molecule has 1 heterocycles. The molecule has 0 aliphatic carbocycles. The summed E-state index contributed by atoms with van der Waals surface area (Å²) in [5.74, 6) is -0.881. The molecule has 0 spiro atoms. The van der Waals surface area contributed by atoms with Crippen LogP contribution in [0.25, 0.3) is 0 Å². The van der Waals surface area contributed by atoms with E-state index in [1.165, 1.54) is 0 Å². The second-order valence-electron chi connectivity index (χ2n) is 4.92. The van der Waals surface area contributed by atoms with Crippen LogP contribution in [0.3, 0.4) is 0 Å². The van der Waals surface area contributed by atoms with E-state index in [0.717, 1.165) is 0 Å². The van der Waals surface area contributed by atoms with Gasteiger partial charge in [-0.05, 0) is 14.0 Å². The number of benzene rings is 1. The van der Waals surface area contributed by atoms with E-state index in [9.17, 15) is 9.59 Å². The fourth-order valence-corrected chi connectivity index (χ4v) is 2.57. The van der Waals surface area contributed by atoms with E-state index in [1.54, 1.807) is 19.1 Å². The van der Waals surface area contributed by atoms with Crippen molar-refractivity contribution in [2.75, 3.05) is 26.7 Å². The van der Waals surface area contributed by atoms with E-state index in [4.69, 9.17) is 4.74 Å². The Bertz CT molecular complexity index is 458. The molecule has 0 amide bonds. The molecular weight excluding hydrogens is 242 g/mol. The van der Waals surface area contributed by atoms with Crippen molar-refractivity contribution in [2.24, 2.45) is 11.8 Å². The van der Waals surface area contributed by atoms with Crippen LogP contribution in [0.15, 0.2) is 30.3 Å². The number of nitrogens with zero attached hydrogens (tertiary/aromatic N) is 1. The number of Topliss-reactive ketones (excluding diaryl/α,β-unsaturated/α-hetero) is 1. The van der Waals surface area contributed by atoms with Crippen LogP contribution in [0.2, 0.25) is 0 Å². The molecule has 0 bridgehead atoms. The van der Waals surface area contributed by atoms with Gasteiger partial charge in [-0.3, -0.25) is 9.59 Å². The summed E-state index contributed by atoms with van der Waals surface area (Å²) in [4.78, 5) is 26.4. The zero-order valence-corrected chi connectivity index (χ0v) is 11.3. The minimum absolute atomic E-state index is 0.0306. The number of carbonyl (C=O) groups excluding carboxylic acids is 2. The summed E-state index contributed by atoms with van der Waals surface area (Å²) in [5, 5.41) is 0. The fourth-order valence-electron chi connectivity index (χ4n) is 2.57. The van der Waals surface area contributed by atoms with Gasteiger partial charge in [-0.1, -0.05) is 30.3 Å². The molecule has 1 fully saturated rings. The van der Waals surface area contributed by atoms with Crippen molar-refractivity contribution in [3.8, 4) is 0 Å². The summed E-state index contributed by atoms with van der Waals surface area (Å²) in [6.07, 6.45) is 0. The third-order valence-corrected chi connectivity index (χ3v) is 3.49. The van der Waals surface area contributed by atoms with Crippen molar-refractivity contribution in [3.63, 3.8) is 0 Å². The van der Waals surface area contributed by atoms with Gasteiger partial charge in [0.25, 0.3) is 0 Å². The van der Waals surface area contributed by atoms with Crippen LogP contribution in [0, 0.1) is 11.8 Å². The molecule has 2 atom stereocenters. The maximum Gasteiger partial charge on any atom is 0.311 e. The van der Waals surface area contributed by atoms with Crippen LogP contribution in [0.4, 0.5) is 0 Å². The number of esters is 1. The third kappa shape index (κ3) is 3.01. The molecule has 4 nitrogen and oxygen atoms in total. The Morgan fingerprint density at radius 3 is 2.47 bits per heavy atom. The van der Waals surface area contributed by atoms with Crippen molar-refractivity contribution in [1.82, 2.24) is 4.90 Å². The van der Waals surface area contributed by atoms with E-state index in [1.807, 2.05) is 30.1 Å². The highest BCUT2D eigenvalue weighted by Crippen LogP contribution is 2.27. The van der Waals surface area contributed by atoms with Crippen LogP contribution in [0.1, 0.15) is 17.3 Å². The van der Waals surface area contributed by atoms with Crippen molar-refractivity contribution in [1.29, 1.82) is 0 Å². The first kappa shape index (κ1) is 13.7. The Labute approximate surface area is 113 Å². The number of hydrogen-bond donors (Lipinski definition) is 0. The van der Waals surface area contributed by atoms with Crippen LogP contribution >= 0.6 is 0 Å². The predicted molar refractivity (Wildman–Crippen MR) is 71.9 cm³/mol. The molecule has 0 N–H and O–H groups in total. The first-order chi connectivity index (χ1) is 9.13. The monoisotopic (exact) mass is 261 g/mol. The lowest BCUT2D eigenvalue weighted by atomic mass is 9.88. The van der Waals surface area contributed by atoms with Gasteiger partial charge in [-0.2, -0.15) is 0 Å². The lowest BCUT2D eigenvalue weighted by Crippen LogP contribution is -2.30. The largest absolute Gasteiger partial charge is 0.466 e. The number of carbonyl (C=O) groups is 2. The van der Waals surface area contributed by atoms with E-state index in [0.29, 0.717) is 25.3 Å². The molecule has 0 radical (unpaired) electrons. The summed E-state index contributed by atoms with van der Waals surface area (Å²) in [6.45, 7) is 3.33. The molecule has 1 saturated heterocycles. The average Bonchev–Trinajstić information content (AvgIpc) is 2.81. The van der Waals surface area contributed by atoms with Gasteiger partial charge < -0.3 is 9.64 Å². The van der Waals surface area contributed by atoms with Gasteiger partial charge in [0.05, 0.1) is 12.5 Å². The maximum atomic E-state index is 12.5. The van der Waals surface area contributed by atoms with E-state index in [-0.39, 0.29) is 23.6 Å². The smallest absolute Gasteiger partial charge is 0.311 e. The Morgan fingerprint density at radius 2 is 1.84 bits per heavy atom. The lowest BCUT2D eigenvalue weighted by molar-refractivity contribution is -0.148. The Morgan fingerprint density at radius 1 is 1.21 bits per heavy atom. The first-order valence-corrected chi connectivity index (χ1v) is 6.58. The maximum absolute atomic E-state index is 12.5. The number of ketones is 1. The van der Waals surface area contributed by atoms with Crippen LogP contribution in [-0.2, 0) is 9.53 Å². The number of likely N-dealkylation sites (tertiary alicyclic amines) is 1. The van der Waals surface area contributed by atoms with Gasteiger partial charge in [0.1, 0.15) is 0 Å². The summed E-state index contributed by atoms with van der Waals surface area (Å²) in [6, 6.07) is 9.14. The summed E-state index contributed by atoms with van der Waals surface area (Å²) in [7, 11) is 1.92. The van der Waals surface area contributed by atoms with Crippen LogP contribution < -0.4 is 0 Å². The third-order valence-electron chi connectivity index (χ3n) is 3.49. The standard InChI is InChI=1S/C15H19NO3/c1-3-19-15(18)13-10-16(2)9-12(13)14(17)11-7-5-4-6-8-11/h4-8,12-13H,3,9-10H2,1-2H3/t12-,13+/m0/s1. The van der Waals surface area contributed by atoms with Crippen LogP contribution in [0.5, 0.6) is 0 Å². The minimum Gasteiger partial charge on any atom is -0.466 e. The minimum atomic E-state index is -0.349. The molecule has 19 heavy (non-hydrogen) atoms. The van der Waals surface area contributed by atoms with Gasteiger partial charge in [0.2, 0.25) is 0 Å². The van der Waals surface area contributed by atoms with Crippen molar-refractivity contribution >= 4 is 11.8 Å². The second kappa shape index (κ2) is 5.97. The second-order valence-corrected chi connectivity index (χ2v) is 4.92. The molecule has 1 aliphatic rings. The molecule has 102 valence electrons. The van der Waals surface area contributed by atoms with Crippen molar-refractivity contribution < 1.29 is 14.3 Å². The first-order valence-electron chi connectivity index (χ1n) is 6.58. The number of rotatable bonds is 4. The van der Waals surface area contributed by atoms with E-state index < -0.39 is 0 Å². The number of ether oxygens (including phenoxy) is 1. The predicted octanol–water partition coefficient (Wildman–Crippen LogP) is 1.61.